The van der Waals surface area contributed by atoms with E-state index in [1.807, 2.05) is 0 Å². The molecule has 0 aromatic heterocycles. The number of hydrogen-bond donors (Lipinski definition) is 1. The van der Waals surface area contributed by atoms with Crippen LogP contribution in [0.5, 0.6) is 5.75 Å². The van der Waals surface area contributed by atoms with Crippen LogP contribution >= 0.6 is 12.4 Å². The second-order valence-electron chi connectivity index (χ2n) is 9.13. The lowest BCUT2D eigenvalue weighted by molar-refractivity contribution is -0.147. The molecule has 5 heteroatoms. The summed E-state index contributed by atoms with van der Waals surface area (Å²) in [7, 11) is 0. The van der Waals surface area contributed by atoms with Gasteiger partial charge < -0.3 is 9.84 Å². The van der Waals surface area contributed by atoms with Crippen molar-refractivity contribution >= 4 is 23.9 Å². The van der Waals surface area contributed by atoms with Crippen LogP contribution in [0.25, 0.3) is 5.57 Å². The third-order valence-electron chi connectivity index (χ3n) is 7.05. The number of aliphatic carboxylic acids is 1. The van der Waals surface area contributed by atoms with Crippen molar-refractivity contribution in [2.24, 2.45) is 11.8 Å². The minimum Gasteiger partial charge on any atom is -0.493 e. The minimum absolute atomic E-state index is 0. The van der Waals surface area contributed by atoms with Gasteiger partial charge in [0.05, 0.1) is 12.5 Å². The molecule has 31 heavy (non-hydrogen) atoms. The van der Waals surface area contributed by atoms with E-state index >= 15 is 0 Å². The summed E-state index contributed by atoms with van der Waals surface area (Å²) in [4.78, 5) is 13.3. The smallest absolute Gasteiger partial charge is 0.309 e. The topological polar surface area (TPSA) is 49.8 Å². The molecule has 0 unspecified atom stereocenters. The number of carboxylic acids is 1. The van der Waals surface area contributed by atoms with Crippen LogP contribution in [-0.4, -0.2) is 42.2 Å². The third-order valence-corrected chi connectivity index (χ3v) is 7.05. The van der Waals surface area contributed by atoms with Crippen molar-refractivity contribution in [3.63, 3.8) is 0 Å². The number of fused-ring (bicyclic) bond motifs is 2. The second-order valence-corrected chi connectivity index (χ2v) is 9.13. The lowest BCUT2D eigenvalue weighted by Gasteiger charge is -2.38. The summed E-state index contributed by atoms with van der Waals surface area (Å²) in [6, 6.07) is 15.3. The van der Waals surface area contributed by atoms with Crippen LogP contribution in [0.1, 0.15) is 35.6 Å². The molecule has 0 saturated carbocycles. The first-order chi connectivity index (χ1) is 14.6. The number of ether oxygens (including phenoxy) is 1. The van der Waals surface area contributed by atoms with E-state index in [-0.39, 0.29) is 18.3 Å². The molecule has 2 aromatic carbocycles. The summed E-state index contributed by atoms with van der Waals surface area (Å²) >= 11 is 0. The number of carbonyl (C=O) groups is 1. The third kappa shape index (κ3) is 4.51. The minimum atomic E-state index is -0.667. The molecule has 1 heterocycles. The number of likely N-dealkylation sites (tertiary alicyclic amines) is 1. The Labute approximate surface area is 190 Å². The normalized spacial score (nSPS) is 18.7. The molecule has 4 nitrogen and oxygen atoms in total. The molecule has 0 bridgehead atoms. The maximum atomic E-state index is 11.0. The molecule has 1 saturated heterocycles. The zero-order chi connectivity index (χ0) is 20.7. The number of rotatable bonds is 6. The number of hydrogen-bond acceptors (Lipinski definition) is 3. The molecule has 0 spiro atoms. The largest absolute Gasteiger partial charge is 0.493 e. The van der Waals surface area contributed by atoms with Crippen molar-refractivity contribution in [1.29, 1.82) is 0 Å². The van der Waals surface area contributed by atoms with E-state index in [1.165, 1.54) is 33.4 Å². The Morgan fingerprint density at radius 1 is 1.06 bits per heavy atom. The van der Waals surface area contributed by atoms with Crippen molar-refractivity contribution in [2.75, 3.05) is 26.2 Å². The summed E-state index contributed by atoms with van der Waals surface area (Å²) in [5.41, 5.74) is 8.45. The molecule has 2 aromatic rings. The summed E-state index contributed by atoms with van der Waals surface area (Å²) in [5, 5.41) is 9.07. The summed E-state index contributed by atoms with van der Waals surface area (Å²) < 4.78 is 6.19. The molecule has 2 aliphatic carbocycles. The van der Waals surface area contributed by atoms with Crippen molar-refractivity contribution in [2.45, 2.75) is 32.6 Å². The molecular weight excluding hydrogens is 410 g/mol. The first-order valence-corrected chi connectivity index (χ1v) is 11.0. The van der Waals surface area contributed by atoms with Gasteiger partial charge in [-0.1, -0.05) is 35.9 Å². The van der Waals surface area contributed by atoms with E-state index in [0.717, 1.165) is 44.6 Å². The van der Waals surface area contributed by atoms with Gasteiger partial charge in [0.15, 0.2) is 0 Å². The predicted molar refractivity (Wildman–Crippen MR) is 125 cm³/mol. The number of allylic oxidation sites excluding steroid dienone is 1. The van der Waals surface area contributed by atoms with Crippen LogP contribution < -0.4 is 4.74 Å². The Morgan fingerprint density at radius 3 is 2.45 bits per heavy atom. The molecule has 5 rings (SSSR count). The lowest BCUT2D eigenvalue weighted by atomic mass is 9.85. The van der Waals surface area contributed by atoms with E-state index < -0.39 is 5.97 Å². The van der Waals surface area contributed by atoms with E-state index in [1.54, 1.807) is 0 Å². The Morgan fingerprint density at radius 2 is 1.77 bits per heavy atom. The zero-order valence-electron chi connectivity index (χ0n) is 18.0. The summed E-state index contributed by atoms with van der Waals surface area (Å²) in [6.07, 6.45) is 4.32. The van der Waals surface area contributed by atoms with Crippen molar-refractivity contribution in [1.82, 2.24) is 4.90 Å². The average Bonchev–Trinajstić information content (AvgIpc) is 3.13. The average molecular weight is 440 g/mol. The van der Waals surface area contributed by atoms with Gasteiger partial charge in [0.2, 0.25) is 0 Å². The molecule has 0 radical (unpaired) electrons. The van der Waals surface area contributed by atoms with Gasteiger partial charge in [-0.25, -0.2) is 0 Å². The van der Waals surface area contributed by atoms with Crippen LogP contribution in [0.15, 0.2) is 48.0 Å². The number of aryl methyl sites for hydroxylation is 1. The number of nitrogens with zero attached hydrogens (tertiary/aromatic N) is 1. The molecule has 0 atom stereocenters. The zero-order valence-corrected chi connectivity index (χ0v) is 18.8. The number of halogens is 1. The molecule has 3 aliphatic rings. The highest BCUT2D eigenvalue weighted by molar-refractivity contribution is 5.85. The van der Waals surface area contributed by atoms with Crippen LogP contribution in [0.4, 0.5) is 0 Å². The molecule has 164 valence electrons. The highest BCUT2D eigenvalue weighted by Crippen LogP contribution is 2.35. The van der Waals surface area contributed by atoms with Crippen molar-refractivity contribution < 1.29 is 14.6 Å². The van der Waals surface area contributed by atoms with Gasteiger partial charge in [-0.15, -0.1) is 12.4 Å². The molecule has 1 aliphatic heterocycles. The Hall–Kier alpha value is -2.30. The molecule has 1 fully saturated rings. The van der Waals surface area contributed by atoms with E-state index in [2.05, 4.69) is 54.3 Å². The number of carboxylic acid groups (broad SMARTS) is 1. The first kappa shape index (κ1) is 21.9. The maximum Gasteiger partial charge on any atom is 0.309 e. The van der Waals surface area contributed by atoms with Crippen LogP contribution in [0.3, 0.4) is 0 Å². The SMILES string of the molecule is CC1=C(CN2CC(C(=O)O)C2)CCc2cc(OCC3Cc4ccccc4C3)ccc21.Cl. The highest BCUT2D eigenvalue weighted by Gasteiger charge is 2.33. The number of benzene rings is 2. The summed E-state index contributed by atoms with van der Waals surface area (Å²) in [5.74, 6) is 0.694. The van der Waals surface area contributed by atoms with E-state index in [0.29, 0.717) is 19.0 Å². The first-order valence-electron chi connectivity index (χ1n) is 11.0. The van der Waals surface area contributed by atoms with Crippen molar-refractivity contribution in [3.8, 4) is 5.75 Å². The molecule has 0 amide bonds. The second kappa shape index (κ2) is 9.05. The fourth-order valence-corrected chi connectivity index (χ4v) is 5.20. The quantitative estimate of drug-likeness (QED) is 0.712. The molecular formula is C26H30ClNO3. The molecule has 1 N–H and O–H groups in total. The maximum absolute atomic E-state index is 11.0. The predicted octanol–water partition coefficient (Wildman–Crippen LogP) is 4.64. The van der Waals surface area contributed by atoms with Crippen LogP contribution in [0, 0.1) is 11.8 Å². The van der Waals surface area contributed by atoms with Gasteiger partial charge >= 0.3 is 5.97 Å². The Bertz CT molecular complexity index is 984. The Balaban J connectivity index is 0.00000231. The van der Waals surface area contributed by atoms with E-state index in [9.17, 15) is 4.79 Å². The fourth-order valence-electron chi connectivity index (χ4n) is 5.20. The monoisotopic (exact) mass is 439 g/mol. The van der Waals surface area contributed by atoms with E-state index in [4.69, 9.17) is 9.84 Å². The highest BCUT2D eigenvalue weighted by atomic mass is 35.5. The van der Waals surface area contributed by atoms with Gasteiger partial charge in [0.1, 0.15) is 5.75 Å². The van der Waals surface area contributed by atoms with Gasteiger partial charge in [0, 0.05) is 25.6 Å². The van der Waals surface area contributed by atoms with Gasteiger partial charge in [-0.3, -0.25) is 9.69 Å². The van der Waals surface area contributed by atoms with Gasteiger partial charge in [-0.05, 0) is 72.6 Å². The van der Waals surface area contributed by atoms with Crippen molar-refractivity contribution in [3.05, 3.63) is 70.3 Å². The summed E-state index contributed by atoms with van der Waals surface area (Å²) in [6.45, 7) is 5.23. The Kier molecular flexibility index (Phi) is 6.40. The lowest BCUT2D eigenvalue weighted by Crippen LogP contribution is -2.50. The van der Waals surface area contributed by atoms with Crippen LogP contribution in [-0.2, 0) is 24.1 Å². The van der Waals surface area contributed by atoms with Gasteiger partial charge in [-0.2, -0.15) is 0 Å². The van der Waals surface area contributed by atoms with Crippen LogP contribution in [0.2, 0.25) is 0 Å². The fraction of sp³-hybridized carbons (Fsp3) is 0.423. The standard InChI is InChI=1S/C26H29NO3.ClH/c1-17-22(13-27-14-23(15-27)26(28)29)7-6-21-12-24(8-9-25(17)21)30-16-18-10-19-4-2-3-5-20(19)11-18;/h2-5,8-9,12,18,23H,6-7,10-11,13-16H2,1H3,(H,28,29);1H. The van der Waals surface area contributed by atoms with Gasteiger partial charge in [0.25, 0.3) is 0 Å².